The molecule has 0 heterocycles. The van der Waals surface area contributed by atoms with E-state index < -0.39 is 11.2 Å². The van der Waals surface area contributed by atoms with Gasteiger partial charge >= 0.3 is 80.9 Å². The van der Waals surface area contributed by atoms with Crippen LogP contribution in [0, 0.1) is 0 Å². The molecule has 64 valence electrons. The smallest absolute Gasteiger partial charge is 0.850 e. The molecule has 2 nitrogen and oxygen atoms in total. The average molecular weight is 208 g/mol. The minimum atomic E-state index is -0.750. The minimum Gasteiger partial charge on any atom is -0.850 e. The maximum atomic E-state index is 10.1. The summed E-state index contributed by atoms with van der Waals surface area (Å²) in [5.41, 5.74) is -1.50. The van der Waals surface area contributed by atoms with Crippen molar-refractivity contribution in [1.82, 2.24) is 0 Å². The first-order valence-corrected chi connectivity index (χ1v) is 3.41. The Kier molecular flexibility index (Phi) is 20.2. The number of rotatable bonds is 0. The van der Waals surface area contributed by atoms with Crippen LogP contribution >= 0.6 is 0 Å². The van der Waals surface area contributed by atoms with E-state index in [2.05, 4.69) is 0 Å². The van der Waals surface area contributed by atoms with Gasteiger partial charge < -0.3 is 10.2 Å². The molecule has 0 amide bonds. The molecule has 0 saturated heterocycles. The Morgan fingerprint density at radius 3 is 0.667 bits per heavy atom. The van der Waals surface area contributed by atoms with Gasteiger partial charge in [-0.2, -0.15) is 0 Å². The molecular weight excluding hydrogens is 190 g/mol. The van der Waals surface area contributed by atoms with Crippen molar-refractivity contribution in [3.63, 3.8) is 0 Å². The second-order valence-electron chi connectivity index (χ2n) is 4.22. The van der Waals surface area contributed by atoms with Gasteiger partial charge in [-0.1, -0.05) is 41.5 Å². The molecule has 4 heteroatoms. The van der Waals surface area contributed by atoms with Crippen LogP contribution in [0.15, 0.2) is 0 Å². The van der Waals surface area contributed by atoms with Crippen LogP contribution in [0.4, 0.5) is 0 Å². The second kappa shape index (κ2) is 10.1. The average Bonchev–Trinajstić information content (AvgIpc) is 1.12. The number of hydrogen-bond acceptors (Lipinski definition) is 2. The van der Waals surface area contributed by atoms with Gasteiger partial charge in [0.05, 0.1) is 0 Å². The van der Waals surface area contributed by atoms with E-state index in [0.29, 0.717) is 0 Å². The maximum absolute atomic E-state index is 10.1. The zero-order chi connectivity index (χ0) is 9.00. The summed E-state index contributed by atoms with van der Waals surface area (Å²) >= 11 is 0. The van der Waals surface area contributed by atoms with Crippen molar-refractivity contribution in [3.8, 4) is 0 Å². The Bertz CT molecular complexity index is 60.0. The minimum absolute atomic E-state index is 0. The van der Waals surface area contributed by atoms with Crippen LogP contribution in [0.3, 0.4) is 0 Å². The quantitative estimate of drug-likeness (QED) is 0.373. The van der Waals surface area contributed by atoms with E-state index in [4.69, 9.17) is 0 Å². The summed E-state index contributed by atoms with van der Waals surface area (Å²) in [5, 5.41) is 20.2. The summed E-state index contributed by atoms with van der Waals surface area (Å²) in [6, 6.07) is 0. The monoisotopic (exact) mass is 208 g/mol. The summed E-state index contributed by atoms with van der Waals surface area (Å²) in [6.45, 7) is 9.79. The zero-order valence-electron chi connectivity index (χ0n) is 9.82. The molecule has 0 saturated carbocycles. The van der Waals surface area contributed by atoms with Gasteiger partial charge in [-0.05, 0) is 0 Å². The molecule has 0 aliphatic heterocycles. The zero-order valence-corrected chi connectivity index (χ0v) is 14.9. The van der Waals surface area contributed by atoms with E-state index in [1.165, 1.54) is 0 Å². The first-order valence-electron chi connectivity index (χ1n) is 3.41. The summed E-state index contributed by atoms with van der Waals surface area (Å²) in [6.07, 6.45) is 0. The third kappa shape index (κ3) is 257. The van der Waals surface area contributed by atoms with Crippen LogP contribution in [0.1, 0.15) is 41.5 Å². The fourth-order valence-electron chi connectivity index (χ4n) is 0. The third-order valence-electron chi connectivity index (χ3n) is 0. The van der Waals surface area contributed by atoms with E-state index in [1.807, 2.05) is 0 Å². The Hall–Kier alpha value is 2.56. The van der Waals surface area contributed by atoms with Crippen molar-refractivity contribution < 1.29 is 91.2 Å². The molecule has 0 radical (unpaired) electrons. The topological polar surface area (TPSA) is 46.1 Å². The van der Waals surface area contributed by atoms with Gasteiger partial charge in [-0.15, -0.1) is 11.2 Å². The molecule has 0 rings (SSSR count). The Balaban J connectivity index is -0.0000000457. The normalized spacial score (nSPS) is 10.0. The maximum Gasteiger partial charge on any atom is 1.00 e. The SMILES string of the molecule is CC(C)(C)[O-].CC(C)(C)[O-].[K+].[Na+]. The van der Waals surface area contributed by atoms with Crippen molar-refractivity contribution in [2.24, 2.45) is 0 Å². The Morgan fingerprint density at radius 1 is 0.667 bits per heavy atom. The molecular formula is C8H18KNaO2. The van der Waals surface area contributed by atoms with E-state index in [-0.39, 0.29) is 80.9 Å². The van der Waals surface area contributed by atoms with Gasteiger partial charge in [0.2, 0.25) is 0 Å². The van der Waals surface area contributed by atoms with Crippen molar-refractivity contribution in [1.29, 1.82) is 0 Å². The van der Waals surface area contributed by atoms with Gasteiger partial charge in [0.15, 0.2) is 0 Å². The van der Waals surface area contributed by atoms with Crippen molar-refractivity contribution >= 4 is 0 Å². The molecule has 0 aromatic rings. The summed E-state index contributed by atoms with van der Waals surface area (Å²) in [5.74, 6) is 0. The van der Waals surface area contributed by atoms with E-state index in [1.54, 1.807) is 41.5 Å². The molecule has 12 heavy (non-hydrogen) atoms. The first-order chi connectivity index (χ1) is 4.00. The fourth-order valence-corrected chi connectivity index (χ4v) is 0. The molecule has 0 unspecified atom stereocenters. The predicted molar refractivity (Wildman–Crippen MR) is 39.5 cm³/mol. The first kappa shape index (κ1) is 24.0. The van der Waals surface area contributed by atoms with Gasteiger partial charge in [0, 0.05) is 0 Å². The van der Waals surface area contributed by atoms with Crippen LogP contribution in [0.5, 0.6) is 0 Å². The predicted octanol–water partition coefficient (Wildman–Crippen LogP) is -5.70. The summed E-state index contributed by atoms with van der Waals surface area (Å²) in [4.78, 5) is 0. The van der Waals surface area contributed by atoms with Crippen LogP contribution in [0.2, 0.25) is 0 Å². The Morgan fingerprint density at radius 2 is 0.667 bits per heavy atom. The van der Waals surface area contributed by atoms with Crippen LogP contribution < -0.4 is 91.2 Å². The van der Waals surface area contributed by atoms with Gasteiger partial charge in [0.25, 0.3) is 0 Å². The molecule has 0 N–H and O–H groups in total. The molecule has 0 aliphatic carbocycles. The van der Waals surface area contributed by atoms with Crippen LogP contribution in [0.25, 0.3) is 0 Å². The molecule has 0 aromatic carbocycles. The molecule has 0 spiro atoms. The second-order valence-corrected chi connectivity index (χ2v) is 4.22. The standard InChI is InChI=1S/2C4H9O.K.Na/c2*1-4(2,3)5;;/h2*1-3H3;;/q2*-1;2*+1. The third-order valence-corrected chi connectivity index (χ3v) is 0. The van der Waals surface area contributed by atoms with Crippen molar-refractivity contribution in [2.75, 3.05) is 0 Å². The molecule has 0 bridgehead atoms. The van der Waals surface area contributed by atoms with Crippen LogP contribution in [-0.2, 0) is 0 Å². The Labute approximate surface area is 141 Å². The van der Waals surface area contributed by atoms with E-state index >= 15 is 0 Å². The molecule has 0 atom stereocenters. The molecule has 0 fully saturated rings. The largest absolute Gasteiger partial charge is 1.00 e. The number of hydrogen-bond donors (Lipinski definition) is 0. The van der Waals surface area contributed by atoms with Crippen molar-refractivity contribution in [3.05, 3.63) is 0 Å². The van der Waals surface area contributed by atoms with Crippen molar-refractivity contribution in [2.45, 2.75) is 52.7 Å². The van der Waals surface area contributed by atoms with Crippen LogP contribution in [-0.4, -0.2) is 11.2 Å². The fraction of sp³-hybridized carbons (Fsp3) is 1.00. The summed E-state index contributed by atoms with van der Waals surface area (Å²) < 4.78 is 0. The van der Waals surface area contributed by atoms with E-state index in [9.17, 15) is 10.2 Å². The van der Waals surface area contributed by atoms with Gasteiger partial charge in [0.1, 0.15) is 0 Å². The summed E-state index contributed by atoms with van der Waals surface area (Å²) in [7, 11) is 0. The van der Waals surface area contributed by atoms with Gasteiger partial charge in [-0.3, -0.25) is 0 Å². The molecule has 0 aliphatic rings. The van der Waals surface area contributed by atoms with Gasteiger partial charge in [-0.25, -0.2) is 0 Å². The molecule has 0 aromatic heterocycles. The van der Waals surface area contributed by atoms with E-state index in [0.717, 1.165) is 0 Å².